The maximum atomic E-state index is 12.3. The molecule has 0 aliphatic carbocycles. The lowest BCUT2D eigenvalue weighted by molar-refractivity contribution is 0.0944. The average molecular weight is 416 g/mol. The maximum Gasteiger partial charge on any atom is 0.270 e. The molecule has 2 aromatic heterocycles. The van der Waals surface area contributed by atoms with Gasteiger partial charge in [-0.05, 0) is 29.7 Å². The molecule has 6 nitrogen and oxygen atoms in total. The Kier molecular flexibility index (Phi) is 7.06. The number of thioether (sulfide) groups is 1. The number of nitrogens with one attached hydrogen (secondary N) is 1. The lowest BCUT2D eigenvalue weighted by Gasteiger charge is -2.13. The van der Waals surface area contributed by atoms with Crippen LogP contribution in [0.4, 0.5) is 0 Å². The number of nitrogens with zero attached hydrogens (tertiary/aromatic N) is 4. The van der Waals surface area contributed by atoms with Crippen molar-refractivity contribution in [2.24, 2.45) is 5.92 Å². The predicted molar refractivity (Wildman–Crippen MR) is 111 cm³/mol. The van der Waals surface area contributed by atoms with Gasteiger partial charge < -0.3 is 9.88 Å². The molecule has 1 amide bonds. The first-order chi connectivity index (χ1) is 13.5. The summed E-state index contributed by atoms with van der Waals surface area (Å²) in [6.45, 7) is 5.34. The molecule has 0 aliphatic rings. The van der Waals surface area contributed by atoms with E-state index in [4.69, 9.17) is 11.6 Å². The number of rotatable bonds is 8. The maximum absolute atomic E-state index is 12.3. The van der Waals surface area contributed by atoms with Crippen molar-refractivity contribution in [2.75, 3.05) is 0 Å². The number of benzene rings is 1. The smallest absolute Gasteiger partial charge is 0.270 e. The molecule has 8 heteroatoms. The molecule has 146 valence electrons. The first kappa shape index (κ1) is 20.4. The van der Waals surface area contributed by atoms with Crippen molar-refractivity contribution in [2.45, 2.75) is 37.8 Å². The van der Waals surface area contributed by atoms with Crippen LogP contribution in [0.5, 0.6) is 0 Å². The summed E-state index contributed by atoms with van der Waals surface area (Å²) in [7, 11) is 0. The lowest BCUT2D eigenvalue weighted by Crippen LogP contribution is -2.26. The highest BCUT2D eigenvalue weighted by Crippen LogP contribution is 2.26. The summed E-state index contributed by atoms with van der Waals surface area (Å²) in [4.78, 5) is 16.3. The summed E-state index contributed by atoms with van der Waals surface area (Å²) in [6, 6.07) is 13.0. The number of amides is 1. The van der Waals surface area contributed by atoms with Crippen LogP contribution < -0.4 is 5.32 Å². The molecule has 1 aromatic carbocycles. The second-order valence-corrected chi connectivity index (χ2v) is 8.03. The molecule has 28 heavy (non-hydrogen) atoms. The number of hydrogen-bond acceptors (Lipinski definition) is 5. The molecule has 3 rings (SSSR count). The Morgan fingerprint density at radius 1 is 1.18 bits per heavy atom. The molecule has 0 unspecified atom stereocenters. The van der Waals surface area contributed by atoms with E-state index in [0.29, 0.717) is 23.9 Å². The largest absolute Gasteiger partial charge is 0.343 e. The molecule has 1 N–H and O–H groups in total. The van der Waals surface area contributed by atoms with Crippen LogP contribution in [0, 0.1) is 5.92 Å². The van der Waals surface area contributed by atoms with Crippen molar-refractivity contribution in [1.29, 1.82) is 0 Å². The van der Waals surface area contributed by atoms with Crippen molar-refractivity contribution in [1.82, 2.24) is 25.1 Å². The van der Waals surface area contributed by atoms with Gasteiger partial charge in [-0.15, -0.1) is 10.2 Å². The van der Waals surface area contributed by atoms with Gasteiger partial charge >= 0.3 is 0 Å². The number of hydrogen-bond donors (Lipinski definition) is 1. The van der Waals surface area contributed by atoms with E-state index >= 15 is 0 Å². The van der Waals surface area contributed by atoms with Crippen LogP contribution in [0.1, 0.15) is 35.7 Å². The number of carbonyl (C=O) groups excluding carboxylic acids is 1. The molecule has 0 saturated heterocycles. The molecule has 0 saturated carbocycles. The topological polar surface area (TPSA) is 72.7 Å². The van der Waals surface area contributed by atoms with Crippen LogP contribution in [0.2, 0.25) is 5.02 Å². The quantitative estimate of drug-likeness (QED) is 0.558. The third kappa shape index (κ3) is 5.33. The number of pyridine rings is 1. The van der Waals surface area contributed by atoms with Crippen molar-refractivity contribution in [3.63, 3.8) is 0 Å². The highest BCUT2D eigenvalue weighted by Gasteiger charge is 2.16. The standard InChI is InChI=1S/C20H22ClN5OS/c1-14(2)12-26-18(11-23-19(27)17-9-5-6-10-22-17)24-25-20(26)28-13-15-7-3-4-8-16(15)21/h3-10,14H,11-13H2,1-2H3,(H,23,27). The first-order valence-corrected chi connectivity index (χ1v) is 10.4. The number of aromatic nitrogens is 4. The summed E-state index contributed by atoms with van der Waals surface area (Å²) < 4.78 is 2.06. The summed E-state index contributed by atoms with van der Waals surface area (Å²) in [6.07, 6.45) is 1.60. The molecule has 0 aliphatic heterocycles. The zero-order chi connectivity index (χ0) is 19.9. The van der Waals surface area contributed by atoms with Gasteiger partial charge in [0.15, 0.2) is 11.0 Å². The Hall–Kier alpha value is -2.38. The summed E-state index contributed by atoms with van der Waals surface area (Å²) in [5, 5.41) is 13.1. The van der Waals surface area contributed by atoms with Gasteiger partial charge in [-0.2, -0.15) is 0 Å². The minimum atomic E-state index is -0.232. The zero-order valence-corrected chi connectivity index (χ0v) is 17.4. The fourth-order valence-corrected chi connectivity index (χ4v) is 3.86. The third-order valence-electron chi connectivity index (χ3n) is 3.96. The van der Waals surface area contributed by atoms with Crippen molar-refractivity contribution in [3.8, 4) is 0 Å². The molecule has 0 spiro atoms. The summed E-state index contributed by atoms with van der Waals surface area (Å²) in [5.41, 5.74) is 1.43. The average Bonchev–Trinajstić information content (AvgIpc) is 3.07. The SMILES string of the molecule is CC(C)Cn1c(CNC(=O)c2ccccn2)nnc1SCc1ccccc1Cl. The van der Waals surface area contributed by atoms with E-state index < -0.39 is 0 Å². The van der Waals surface area contributed by atoms with Gasteiger partial charge in [-0.25, -0.2) is 0 Å². The Morgan fingerprint density at radius 2 is 1.96 bits per heavy atom. The van der Waals surface area contributed by atoms with Crippen LogP contribution in [0.25, 0.3) is 0 Å². The molecule has 0 atom stereocenters. The van der Waals surface area contributed by atoms with Gasteiger partial charge in [0.2, 0.25) is 0 Å². The van der Waals surface area contributed by atoms with E-state index in [-0.39, 0.29) is 5.91 Å². The third-order valence-corrected chi connectivity index (χ3v) is 5.34. The van der Waals surface area contributed by atoms with E-state index in [2.05, 4.69) is 38.9 Å². The molecule has 0 radical (unpaired) electrons. The van der Waals surface area contributed by atoms with Gasteiger partial charge in [-0.3, -0.25) is 9.78 Å². The normalized spacial score (nSPS) is 11.0. The minimum absolute atomic E-state index is 0.232. The van der Waals surface area contributed by atoms with E-state index in [1.54, 1.807) is 36.2 Å². The second kappa shape index (κ2) is 9.71. The van der Waals surface area contributed by atoms with Crippen LogP contribution in [0.3, 0.4) is 0 Å². The van der Waals surface area contributed by atoms with Gasteiger partial charge in [0.25, 0.3) is 5.91 Å². The van der Waals surface area contributed by atoms with Crippen LogP contribution in [-0.2, 0) is 18.8 Å². The minimum Gasteiger partial charge on any atom is -0.343 e. The van der Waals surface area contributed by atoms with Crippen molar-refractivity contribution < 1.29 is 4.79 Å². The van der Waals surface area contributed by atoms with Gasteiger partial charge in [0, 0.05) is 23.5 Å². The van der Waals surface area contributed by atoms with E-state index in [1.165, 1.54) is 0 Å². The predicted octanol–water partition coefficient (Wildman–Crippen LogP) is 4.20. The highest BCUT2D eigenvalue weighted by molar-refractivity contribution is 7.98. The van der Waals surface area contributed by atoms with E-state index in [0.717, 1.165) is 28.1 Å². The Balaban J connectivity index is 1.71. The van der Waals surface area contributed by atoms with E-state index in [9.17, 15) is 4.79 Å². The van der Waals surface area contributed by atoms with Crippen LogP contribution >= 0.6 is 23.4 Å². The van der Waals surface area contributed by atoms with Gasteiger partial charge in [0.05, 0.1) is 6.54 Å². The van der Waals surface area contributed by atoms with Crippen molar-refractivity contribution in [3.05, 3.63) is 70.8 Å². The number of halogens is 1. The van der Waals surface area contributed by atoms with Gasteiger partial charge in [0.1, 0.15) is 5.69 Å². The Bertz CT molecular complexity index is 929. The lowest BCUT2D eigenvalue weighted by atomic mass is 10.2. The zero-order valence-electron chi connectivity index (χ0n) is 15.8. The molecule has 0 bridgehead atoms. The highest BCUT2D eigenvalue weighted by atomic mass is 35.5. The molecular formula is C20H22ClN5OS. The first-order valence-electron chi connectivity index (χ1n) is 9.02. The molecule has 3 aromatic rings. The summed E-state index contributed by atoms with van der Waals surface area (Å²) >= 11 is 7.84. The Morgan fingerprint density at radius 3 is 2.68 bits per heavy atom. The fourth-order valence-electron chi connectivity index (χ4n) is 2.61. The monoisotopic (exact) mass is 415 g/mol. The van der Waals surface area contributed by atoms with Crippen LogP contribution in [-0.4, -0.2) is 25.7 Å². The molecular weight excluding hydrogens is 394 g/mol. The fraction of sp³-hybridized carbons (Fsp3) is 0.300. The number of carbonyl (C=O) groups is 1. The van der Waals surface area contributed by atoms with Gasteiger partial charge in [-0.1, -0.05) is 61.5 Å². The molecule has 2 heterocycles. The second-order valence-electron chi connectivity index (χ2n) is 6.68. The van der Waals surface area contributed by atoms with Crippen LogP contribution in [0.15, 0.2) is 53.8 Å². The van der Waals surface area contributed by atoms with Crippen molar-refractivity contribution >= 4 is 29.3 Å². The van der Waals surface area contributed by atoms with E-state index in [1.807, 2.05) is 24.3 Å². The summed E-state index contributed by atoms with van der Waals surface area (Å²) in [5.74, 6) is 1.61. The molecule has 0 fully saturated rings. The Labute approximate surface area is 173 Å².